The minimum atomic E-state index is 0.636. The second-order valence-electron chi connectivity index (χ2n) is 4.86. The standard InChI is InChI=1S/C12H25N/c1-5-11(9-13-6-2)12(4)8-7-10(12)3/h10-11,13H,5-9H2,1-4H3. The molecule has 13 heavy (non-hydrogen) atoms. The van der Waals surface area contributed by atoms with Gasteiger partial charge in [0.15, 0.2) is 0 Å². The van der Waals surface area contributed by atoms with Crippen LogP contribution in [-0.4, -0.2) is 13.1 Å². The summed E-state index contributed by atoms with van der Waals surface area (Å²) in [7, 11) is 0. The van der Waals surface area contributed by atoms with Gasteiger partial charge in [-0.2, -0.15) is 0 Å². The van der Waals surface area contributed by atoms with Crippen LogP contribution in [0.3, 0.4) is 0 Å². The van der Waals surface area contributed by atoms with Crippen LogP contribution in [0, 0.1) is 17.3 Å². The Kier molecular flexibility index (Phi) is 3.78. The van der Waals surface area contributed by atoms with Gasteiger partial charge in [0.05, 0.1) is 0 Å². The van der Waals surface area contributed by atoms with E-state index in [9.17, 15) is 0 Å². The lowest BCUT2D eigenvalue weighted by Crippen LogP contribution is -2.45. The van der Waals surface area contributed by atoms with Crippen LogP contribution in [0.5, 0.6) is 0 Å². The predicted octanol–water partition coefficient (Wildman–Crippen LogP) is 3.06. The highest BCUT2D eigenvalue weighted by Gasteiger charge is 2.44. The van der Waals surface area contributed by atoms with Gasteiger partial charge in [0.25, 0.3) is 0 Å². The largest absolute Gasteiger partial charge is 0.317 e. The molecule has 1 heteroatoms. The molecule has 0 heterocycles. The summed E-state index contributed by atoms with van der Waals surface area (Å²) in [6, 6.07) is 0. The number of nitrogens with one attached hydrogen (secondary N) is 1. The fourth-order valence-electron chi connectivity index (χ4n) is 2.66. The summed E-state index contributed by atoms with van der Waals surface area (Å²) >= 11 is 0. The molecule has 0 radical (unpaired) electrons. The Hall–Kier alpha value is -0.0400. The lowest BCUT2D eigenvalue weighted by atomic mass is 9.55. The zero-order valence-corrected chi connectivity index (χ0v) is 9.69. The molecule has 0 bridgehead atoms. The van der Waals surface area contributed by atoms with Crippen molar-refractivity contribution in [3.63, 3.8) is 0 Å². The van der Waals surface area contributed by atoms with Gasteiger partial charge in [0.2, 0.25) is 0 Å². The van der Waals surface area contributed by atoms with E-state index in [1.54, 1.807) is 0 Å². The molecule has 0 aromatic heterocycles. The second-order valence-corrected chi connectivity index (χ2v) is 4.86. The summed E-state index contributed by atoms with van der Waals surface area (Å²) in [4.78, 5) is 0. The van der Waals surface area contributed by atoms with E-state index < -0.39 is 0 Å². The molecule has 1 fully saturated rings. The SMILES string of the molecule is CCNCC(CC)C1(C)CCC1C. The fraction of sp³-hybridized carbons (Fsp3) is 1.00. The lowest BCUT2D eigenvalue weighted by molar-refractivity contribution is -0.00406. The van der Waals surface area contributed by atoms with E-state index in [1.807, 2.05) is 0 Å². The van der Waals surface area contributed by atoms with Gasteiger partial charge in [-0.25, -0.2) is 0 Å². The van der Waals surface area contributed by atoms with Crippen LogP contribution in [0.4, 0.5) is 0 Å². The van der Waals surface area contributed by atoms with Crippen molar-refractivity contribution in [3.05, 3.63) is 0 Å². The first-order valence-electron chi connectivity index (χ1n) is 5.85. The minimum absolute atomic E-state index is 0.636. The molecular formula is C12H25N. The Bertz CT molecular complexity index is 155. The van der Waals surface area contributed by atoms with E-state index in [0.29, 0.717) is 5.41 Å². The Morgan fingerprint density at radius 3 is 2.46 bits per heavy atom. The van der Waals surface area contributed by atoms with E-state index in [4.69, 9.17) is 0 Å². The molecule has 0 aromatic rings. The van der Waals surface area contributed by atoms with Crippen LogP contribution in [0.15, 0.2) is 0 Å². The third-order valence-corrected chi connectivity index (χ3v) is 4.31. The Morgan fingerprint density at radius 2 is 2.15 bits per heavy atom. The summed E-state index contributed by atoms with van der Waals surface area (Å²) < 4.78 is 0. The lowest BCUT2D eigenvalue weighted by Gasteiger charge is -2.51. The van der Waals surface area contributed by atoms with Gasteiger partial charge in [0, 0.05) is 0 Å². The molecule has 1 aliphatic rings. The molecule has 1 N–H and O–H groups in total. The molecule has 0 aromatic carbocycles. The van der Waals surface area contributed by atoms with Crippen molar-refractivity contribution in [3.8, 4) is 0 Å². The third kappa shape index (κ3) is 2.07. The summed E-state index contributed by atoms with van der Waals surface area (Å²) in [5, 5.41) is 3.49. The van der Waals surface area contributed by atoms with Crippen LogP contribution < -0.4 is 5.32 Å². The molecule has 1 aliphatic carbocycles. The van der Waals surface area contributed by atoms with E-state index in [2.05, 4.69) is 33.0 Å². The van der Waals surface area contributed by atoms with Gasteiger partial charge in [-0.1, -0.05) is 34.1 Å². The van der Waals surface area contributed by atoms with E-state index in [-0.39, 0.29) is 0 Å². The first-order valence-corrected chi connectivity index (χ1v) is 5.85. The van der Waals surface area contributed by atoms with Crippen molar-refractivity contribution in [2.24, 2.45) is 17.3 Å². The molecule has 1 rings (SSSR count). The Labute approximate surface area is 83.3 Å². The van der Waals surface area contributed by atoms with Crippen LogP contribution in [-0.2, 0) is 0 Å². The van der Waals surface area contributed by atoms with Gasteiger partial charge in [-0.3, -0.25) is 0 Å². The molecule has 0 spiro atoms. The van der Waals surface area contributed by atoms with Crippen molar-refractivity contribution in [2.45, 2.75) is 47.0 Å². The highest BCUT2D eigenvalue weighted by Crippen LogP contribution is 2.52. The topological polar surface area (TPSA) is 12.0 Å². The molecule has 1 saturated carbocycles. The van der Waals surface area contributed by atoms with E-state index >= 15 is 0 Å². The highest BCUT2D eigenvalue weighted by atomic mass is 14.9. The summed E-state index contributed by atoms with van der Waals surface area (Å²) in [5.41, 5.74) is 0.636. The number of hydrogen-bond acceptors (Lipinski definition) is 1. The molecule has 0 amide bonds. The molecule has 1 nitrogen and oxygen atoms in total. The molecule has 3 unspecified atom stereocenters. The first-order chi connectivity index (χ1) is 6.15. The fourth-order valence-corrected chi connectivity index (χ4v) is 2.66. The first kappa shape index (κ1) is 11.0. The van der Waals surface area contributed by atoms with Gasteiger partial charge in [0.1, 0.15) is 0 Å². The van der Waals surface area contributed by atoms with Crippen molar-refractivity contribution in [1.82, 2.24) is 5.32 Å². The minimum Gasteiger partial charge on any atom is -0.317 e. The van der Waals surface area contributed by atoms with Crippen molar-refractivity contribution in [1.29, 1.82) is 0 Å². The maximum atomic E-state index is 3.49. The second kappa shape index (κ2) is 4.45. The van der Waals surface area contributed by atoms with Crippen LogP contribution >= 0.6 is 0 Å². The summed E-state index contributed by atoms with van der Waals surface area (Å²) in [5.74, 6) is 1.83. The molecule has 0 saturated heterocycles. The van der Waals surface area contributed by atoms with Crippen molar-refractivity contribution in [2.75, 3.05) is 13.1 Å². The molecule has 0 aliphatic heterocycles. The monoisotopic (exact) mass is 183 g/mol. The van der Waals surface area contributed by atoms with Crippen molar-refractivity contribution < 1.29 is 0 Å². The van der Waals surface area contributed by atoms with Crippen LogP contribution in [0.2, 0.25) is 0 Å². The maximum Gasteiger partial charge on any atom is -0.00154 e. The van der Waals surface area contributed by atoms with E-state index in [0.717, 1.165) is 18.4 Å². The third-order valence-electron chi connectivity index (χ3n) is 4.31. The molecular weight excluding hydrogens is 158 g/mol. The van der Waals surface area contributed by atoms with Crippen LogP contribution in [0.25, 0.3) is 0 Å². The zero-order valence-electron chi connectivity index (χ0n) is 9.69. The van der Waals surface area contributed by atoms with Crippen molar-refractivity contribution >= 4 is 0 Å². The van der Waals surface area contributed by atoms with Gasteiger partial charge in [-0.15, -0.1) is 0 Å². The molecule has 3 atom stereocenters. The van der Waals surface area contributed by atoms with Crippen LogP contribution in [0.1, 0.15) is 47.0 Å². The maximum absolute atomic E-state index is 3.49. The van der Waals surface area contributed by atoms with Gasteiger partial charge >= 0.3 is 0 Å². The normalized spacial score (nSPS) is 35.5. The number of hydrogen-bond donors (Lipinski definition) is 1. The highest BCUT2D eigenvalue weighted by molar-refractivity contribution is 4.94. The molecule has 78 valence electrons. The summed E-state index contributed by atoms with van der Waals surface area (Å²) in [6.45, 7) is 11.7. The average molecular weight is 183 g/mol. The predicted molar refractivity (Wildman–Crippen MR) is 58.8 cm³/mol. The number of rotatable bonds is 5. The smallest absolute Gasteiger partial charge is 0.00154 e. The Morgan fingerprint density at radius 1 is 1.46 bits per heavy atom. The van der Waals surface area contributed by atoms with Gasteiger partial charge < -0.3 is 5.32 Å². The van der Waals surface area contributed by atoms with E-state index in [1.165, 1.54) is 25.8 Å². The van der Waals surface area contributed by atoms with Gasteiger partial charge in [-0.05, 0) is 43.2 Å². The zero-order chi connectivity index (χ0) is 9.90. The Balaban J connectivity index is 2.45. The quantitative estimate of drug-likeness (QED) is 0.691. The summed E-state index contributed by atoms with van der Waals surface area (Å²) in [6.07, 6.45) is 4.21. The average Bonchev–Trinajstić information content (AvgIpc) is 2.16.